The molecule has 10 heteroatoms. The fourth-order valence-corrected chi connectivity index (χ4v) is 4.71. The first-order chi connectivity index (χ1) is 18.2. The molecule has 0 bridgehead atoms. The zero-order valence-electron chi connectivity index (χ0n) is 22.0. The van der Waals surface area contributed by atoms with Crippen LogP contribution in [-0.4, -0.2) is 86.3 Å². The number of nitrogens with zero attached hydrogens (tertiary/aromatic N) is 2. The van der Waals surface area contributed by atoms with E-state index in [4.69, 9.17) is 18.9 Å². The molecular weight excluding hydrogens is 495 g/mol. The topological polar surface area (TPSA) is 97.8 Å². The van der Waals surface area contributed by atoms with Gasteiger partial charge in [-0.25, -0.2) is 4.39 Å². The number of likely N-dealkylation sites (tertiary alicyclic amines) is 1. The van der Waals surface area contributed by atoms with Gasteiger partial charge in [-0.1, -0.05) is 0 Å². The number of benzene rings is 2. The van der Waals surface area contributed by atoms with E-state index in [-0.39, 0.29) is 29.5 Å². The molecule has 1 atom stereocenters. The van der Waals surface area contributed by atoms with Crippen molar-refractivity contribution in [2.75, 3.05) is 53.6 Å². The van der Waals surface area contributed by atoms with Crippen molar-refractivity contribution in [1.29, 1.82) is 0 Å². The zero-order chi connectivity index (χ0) is 27.4. The number of hydrogen-bond donors (Lipinski definition) is 1. The van der Waals surface area contributed by atoms with Gasteiger partial charge in [0, 0.05) is 37.3 Å². The summed E-state index contributed by atoms with van der Waals surface area (Å²) >= 11 is 0. The van der Waals surface area contributed by atoms with Crippen LogP contribution in [-0.2, 0) is 14.3 Å². The number of ether oxygens (including phenoxy) is 4. The second kappa shape index (κ2) is 11.8. The van der Waals surface area contributed by atoms with Gasteiger partial charge in [-0.15, -0.1) is 0 Å². The van der Waals surface area contributed by atoms with E-state index in [0.717, 1.165) is 6.07 Å². The highest BCUT2D eigenvalue weighted by Gasteiger charge is 2.47. The van der Waals surface area contributed by atoms with Gasteiger partial charge < -0.3 is 29.0 Å². The molecule has 2 aliphatic heterocycles. The van der Waals surface area contributed by atoms with Crippen molar-refractivity contribution < 1.29 is 38.0 Å². The third-order valence-corrected chi connectivity index (χ3v) is 6.60. The van der Waals surface area contributed by atoms with E-state index in [1.165, 1.54) is 31.3 Å². The summed E-state index contributed by atoms with van der Waals surface area (Å²) in [4.78, 5) is 30.3. The minimum atomic E-state index is -0.976. The third-order valence-electron chi connectivity index (χ3n) is 6.60. The minimum Gasteiger partial charge on any atom is -0.507 e. The molecule has 2 fully saturated rings. The maximum Gasteiger partial charge on any atom is 0.295 e. The number of carbonyl (C=O) groups is 2. The summed E-state index contributed by atoms with van der Waals surface area (Å²) in [5, 5.41) is 11.3. The molecule has 0 spiro atoms. The quantitative estimate of drug-likeness (QED) is 0.301. The Bertz CT molecular complexity index is 1220. The van der Waals surface area contributed by atoms with Gasteiger partial charge in [0.2, 0.25) is 0 Å². The number of morpholine rings is 1. The van der Waals surface area contributed by atoms with Gasteiger partial charge in [0.1, 0.15) is 17.3 Å². The van der Waals surface area contributed by atoms with Crippen molar-refractivity contribution in [3.05, 3.63) is 58.9 Å². The molecule has 2 aromatic carbocycles. The molecule has 9 nitrogen and oxygen atoms in total. The second-order valence-corrected chi connectivity index (χ2v) is 9.37. The molecule has 204 valence electrons. The van der Waals surface area contributed by atoms with E-state index in [1.807, 2.05) is 0 Å². The Kier molecular flexibility index (Phi) is 8.53. The van der Waals surface area contributed by atoms with Crippen LogP contribution in [0.1, 0.15) is 31.0 Å². The molecule has 2 aromatic rings. The zero-order valence-corrected chi connectivity index (χ0v) is 22.0. The van der Waals surface area contributed by atoms with Gasteiger partial charge in [-0.05, 0) is 50.2 Å². The number of ketones is 1. The van der Waals surface area contributed by atoms with Crippen molar-refractivity contribution >= 4 is 17.4 Å². The SMILES string of the molecule is COc1ccc(OC)c([C@H]2C(=C(O)c3ccc(OC(C)C)c(F)c3)C(=O)C(=O)N2CCN2CCOCC2)c1. The molecule has 4 rings (SSSR count). The molecular formula is C28H33FN2O7. The van der Waals surface area contributed by atoms with Crippen LogP contribution < -0.4 is 14.2 Å². The van der Waals surface area contributed by atoms with Crippen LogP contribution in [0.5, 0.6) is 17.2 Å². The Labute approximate surface area is 221 Å². The lowest BCUT2D eigenvalue weighted by atomic mass is 9.94. The summed E-state index contributed by atoms with van der Waals surface area (Å²) in [6, 6.07) is 8.00. The number of aliphatic hydroxyl groups is 1. The van der Waals surface area contributed by atoms with Gasteiger partial charge >= 0.3 is 0 Å². The van der Waals surface area contributed by atoms with E-state index in [2.05, 4.69) is 4.90 Å². The molecule has 1 N–H and O–H groups in total. The highest BCUT2D eigenvalue weighted by atomic mass is 19.1. The first-order valence-electron chi connectivity index (χ1n) is 12.5. The van der Waals surface area contributed by atoms with E-state index in [1.54, 1.807) is 32.0 Å². The first-order valence-corrected chi connectivity index (χ1v) is 12.5. The van der Waals surface area contributed by atoms with Crippen molar-refractivity contribution in [2.45, 2.75) is 26.0 Å². The summed E-state index contributed by atoms with van der Waals surface area (Å²) in [5.74, 6) is -1.87. The normalized spacial score (nSPS) is 19.7. The van der Waals surface area contributed by atoms with Crippen molar-refractivity contribution in [3.63, 3.8) is 0 Å². The highest BCUT2D eigenvalue weighted by Crippen LogP contribution is 2.44. The number of methoxy groups -OCH3 is 2. The predicted molar refractivity (Wildman–Crippen MR) is 138 cm³/mol. The van der Waals surface area contributed by atoms with Gasteiger partial charge in [-0.2, -0.15) is 0 Å². The molecule has 0 radical (unpaired) electrons. The van der Waals surface area contributed by atoms with Crippen LogP contribution in [0, 0.1) is 5.82 Å². The maximum absolute atomic E-state index is 14.8. The lowest BCUT2D eigenvalue weighted by molar-refractivity contribution is -0.140. The Morgan fingerprint density at radius 1 is 1.05 bits per heavy atom. The van der Waals surface area contributed by atoms with E-state index >= 15 is 0 Å². The molecule has 1 amide bonds. The fraction of sp³-hybridized carbons (Fsp3) is 0.429. The van der Waals surface area contributed by atoms with Crippen LogP contribution in [0.15, 0.2) is 42.0 Å². The van der Waals surface area contributed by atoms with Crippen LogP contribution in [0.25, 0.3) is 5.76 Å². The average molecular weight is 529 g/mol. The van der Waals surface area contributed by atoms with Crippen LogP contribution in [0.3, 0.4) is 0 Å². The molecule has 0 aromatic heterocycles. The van der Waals surface area contributed by atoms with Crippen molar-refractivity contribution in [3.8, 4) is 17.2 Å². The van der Waals surface area contributed by atoms with Gasteiger partial charge in [0.25, 0.3) is 11.7 Å². The Morgan fingerprint density at radius 3 is 2.39 bits per heavy atom. The van der Waals surface area contributed by atoms with Crippen molar-refractivity contribution in [1.82, 2.24) is 9.80 Å². The van der Waals surface area contributed by atoms with Gasteiger partial charge in [0.05, 0.1) is 45.2 Å². The van der Waals surface area contributed by atoms with Gasteiger partial charge in [0.15, 0.2) is 11.6 Å². The van der Waals surface area contributed by atoms with Crippen molar-refractivity contribution in [2.24, 2.45) is 0 Å². The molecule has 2 heterocycles. The summed E-state index contributed by atoms with van der Waals surface area (Å²) in [6.07, 6.45) is -0.249. The summed E-state index contributed by atoms with van der Waals surface area (Å²) < 4.78 is 36.6. The molecule has 0 unspecified atom stereocenters. The van der Waals surface area contributed by atoms with E-state index < -0.39 is 29.3 Å². The summed E-state index contributed by atoms with van der Waals surface area (Å²) in [6.45, 7) is 6.88. The number of halogens is 1. The Morgan fingerprint density at radius 2 is 1.76 bits per heavy atom. The number of carbonyl (C=O) groups excluding carboxylic acids is 2. The van der Waals surface area contributed by atoms with E-state index in [9.17, 15) is 19.1 Å². The summed E-state index contributed by atoms with van der Waals surface area (Å²) in [5.41, 5.74) is 0.368. The largest absolute Gasteiger partial charge is 0.507 e. The third kappa shape index (κ3) is 5.61. The smallest absolute Gasteiger partial charge is 0.295 e. The standard InChI is InChI=1S/C28H33FN2O7/c1-17(2)38-23-7-5-18(15-21(23)29)26(32)24-25(20-16-19(35-3)6-8-22(20)36-4)31(28(34)27(24)33)10-9-30-11-13-37-14-12-30/h5-8,15-17,25,32H,9-14H2,1-4H3/t25-/m0/s1. The van der Waals surface area contributed by atoms with E-state index in [0.29, 0.717) is 49.9 Å². The number of aliphatic hydroxyl groups excluding tert-OH is 1. The first kappa shape index (κ1) is 27.4. The highest BCUT2D eigenvalue weighted by molar-refractivity contribution is 6.46. The maximum atomic E-state index is 14.8. The predicted octanol–water partition coefficient (Wildman–Crippen LogP) is 3.38. The minimum absolute atomic E-state index is 0.0218. The monoisotopic (exact) mass is 528 g/mol. The average Bonchev–Trinajstić information content (AvgIpc) is 3.17. The molecule has 2 aliphatic rings. The molecule has 2 saturated heterocycles. The van der Waals surface area contributed by atoms with Gasteiger partial charge in [-0.3, -0.25) is 14.5 Å². The second-order valence-electron chi connectivity index (χ2n) is 9.37. The number of rotatable bonds is 9. The lowest BCUT2D eigenvalue weighted by Gasteiger charge is -2.31. The Hall–Kier alpha value is -3.63. The fourth-order valence-electron chi connectivity index (χ4n) is 4.71. The van der Waals surface area contributed by atoms with Crippen LogP contribution >= 0.6 is 0 Å². The lowest BCUT2D eigenvalue weighted by Crippen LogP contribution is -2.42. The Balaban J connectivity index is 1.81. The van der Waals surface area contributed by atoms with Crippen LogP contribution in [0.2, 0.25) is 0 Å². The van der Waals surface area contributed by atoms with Crippen LogP contribution in [0.4, 0.5) is 4.39 Å². The molecule has 0 aliphatic carbocycles. The number of amides is 1. The number of hydrogen-bond acceptors (Lipinski definition) is 8. The molecule has 38 heavy (non-hydrogen) atoms. The number of Topliss-reactive ketones (excluding diaryl/α,β-unsaturated/α-hetero) is 1. The molecule has 0 saturated carbocycles. The summed E-state index contributed by atoms with van der Waals surface area (Å²) in [7, 11) is 2.98.